The van der Waals surface area contributed by atoms with E-state index in [4.69, 9.17) is 10.5 Å². The Morgan fingerprint density at radius 3 is 2.86 bits per heavy atom. The predicted octanol–water partition coefficient (Wildman–Crippen LogP) is 0.836. The molecule has 2 saturated heterocycles. The van der Waals surface area contributed by atoms with E-state index in [-0.39, 0.29) is 0 Å². The van der Waals surface area contributed by atoms with Crippen molar-refractivity contribution in [3.8, 4) is 0 Å². The Kier molecular flexibility index (Phi) is 3.79. The third-order valence-corrected chi connectivity index (χ3v) is 3.35. The van der Waals surface area contributed by atoms with Crippen LogP contribution < -0.4 is 5.73 Å². The van der Waals surface area contributed by atoms with E-state index in [0.717, 1.165) is 25.7 Å². The van der Waals surface area contributed by atoms with Gasteiger partial charge in [-0.05, 0) is 32.4 Å². The Morgan fingerprint density at radius 1 is 1.29 bits per heavy atom. The first-order valence-corrected chi connectivity index (χ1v) is 5.90. The maximum atomic E-state index is 6.01. The van der Waals surface area contributed by atoms with Gasteiger partial charge in [-0.15, -0.1) is 0 Å². The van der Waals surface area contributed by atoms with Gasteiger partial charge < -0.3 is 15.4 Å². The van der Waals surface area contributed by atoms with Crippen molar-refractivity contribution in [2.24, 2.45) is 11.7 Å². The van der Waals surface area contributed by atoms with Crippen molar-refractivity contribution in [2.75, 3.05) is 32.8 Å². The minimum absolute atomic E-state index is 0.412. The zero-order valence-electron chi connectivity index (χ0n) is 8.95. The molecular formula is C11H22N2O. The van der Waals surface area contributed by atoms with Crippen LogP contribution in [-0.4, -0.2) is 43.8 Å². The summed E-state index contributed by atoms with van der Waals surface area (Å²) in [6.07, 6.45) is 5.15. The van der Waals surface area contributed by atoms with Gasteiger partial charge in [0.2, 0.25) is 0 Å². The van der Waals surface area contributed by atoms with Gasteiger partial charge in [0.15, 0.2) is 0 Å². The second-order valence-electron chi connectivity index (χ2n) is 4.75. The van der Waals surface area contributed by atoms with Crippen LogP contribution in [0.5, 0.6) is 0 Å². The SMILES string of the molecule is NC1CCCCN(CCC2COC2)C1. The third-order valence-electron chi connectivity index (χ3n) is 3.35. The van der Waals surface area contributed by atoms with Crippen LogP contribution in [0.4, 0.5) is 0 Å². The number of nitrogens with zero attached hydrogens (tertiary/aromatic N) is 1. The van der Waals surface area contributed by atoms with E-state index in [1.165, 1.54) is 38.8 Å². The minimum atomic E-state index is 0.412. The Hall–Kier alpha value is -0.120. The molecule has 82 valence electrons. The van der Waals surface area contributed by atoms with Gasteiger partial charge >= 0.3 is 0 Å². The molecule has 2 aliphatic heterocycles. The largest absolute Gasteiger partial charge is 0.381 e. The van der Waals surface area contributed by atoms with Crippen molar-refractivity contribution in [2.45, 2.75) is 31.7 Å². The Bertz CT molecular complexity index is 171. The molecule has 0 amide bonds. The molecule has 1 unspecified atom stereocenters. The summed E-state index contributed by atoms with van der Waals surface area (Å²) in [5.74, 6) is 0.828. The van der Waals surface area contributed by atoms with Crippen molar-refractivity contribution in [1.29, 1.82) is 0 Å². The van der Waals surface area contributed by atoms with Crippen molar-refractivity contribution in [3.63, 3.8) is 0 Å². The van der Waals surface area contributed by atoms with Gasteiger partial charge in [0.1, 0.15) is 0 Å². The van der Waals surface area contributed by atoms with E-state index in [1.807, 2.05) is 0 Å². The molecular weight excluding hydrogens is 176 g/mol. The standard InChI is InChI=1S/C11H22N2O/c12-11-3-1-2-5-13(7-11)6-4-10-8-14-9-10/h10-11H,1-9,12H2. The predicted molar refractivity (Wildman–Crippen MR) is 57.2 cm³/mol. The quantitative estimate of drug-likeness (QED) is 0.730. The first-order valence-electron chi connectivity index (χ1n) is 5.90. The van der Waals surface area contributed by atoms with Crippen molar-refractivity contribution < 1.29 is 4.74 Å². The van der Waals surface area contributed by atoms with E-state index >= 15 is 0 Å². The number of hydrogen-bond acceptors (Lipinski definition) is 3. The average Bonchev–Trinajstić information content (AvgIpc) is 2.27. The highest BCUT2D eigenvalue weighted by atomic mass is 16.5. The molecule has 0 spiro atoms. The molecule has 3 heteroatoms. The van der Waals surface area contributed by atoms with Gasteiger partial charge in [0, 0.05) is 18.5 Å². The monoisotopic (exact) mass is 198 g/mol. The normalized spacial score (nSPS) is 31.1. The molecule has 2 N–H and O–H groups in total. The zero-order chi connectivity index (χ0) is 9.80. The molecule has 0 aromatic heterocycles. The van der Waals surface area contributed by atoms with E-state index in [2.05, 4.69) is 4.90 Å². The number of nitrogens with two attached hydrogens (primary N) is 1. The molecule has 0 aliphatic carbocycles. The smallest absolute Gasteiger partial charge is 0.0516 e. The van der Waals surface area contributed by atoms with Crippen LogP contribution in [0, 0.1) is 5.92 Å². The van der Waals surface area contributed by atoms with Gasteiger partial charge in [-0.3, -0.25) is 0 Å². The highest BCUT2D eigenvalue weighted by molar-refractivity contribution is 4.75. The summed E-state index contributed by atoms with van der Waals surface area (Å²) in [4.78, 5) is 2.54. The second-order valence-corrected chi connectivity index (χ2v) is 4.75. The minimum Gasteiger partial charge on any atom is -0.381 e. The first-order chi connectivity index (χ1) is 6.84. The van der Waals surface area contributed by atoms with Crippen molar-refractivity contribution in [3.05, 3.63) is 0 Å². The molecule has 0 bridgehead atoms. The number of ether oxygens (including phenoxy) is 1. The second kappa shape index (κ2) is 5.10. The van der Waals surface area contributed by atoms with Gasteiger partial charge in [-0.25, -0.2) is 0 Å². The summed E-state index contributed by atoms with van der Waals surface area (Å²) in [7, 11) is 0. The van der Waals surface area contributed by atoms with Crippen LogP contribution in [0.3, 0.4) is 0 Å². The fourth-order valence-corrected chi connectivity index (χ4v) is 2.28. The van der Waals surface area contributed by atoms with Crippen LogP contribution in [0.1, 0.15) is 25.7 Å². The maximum Gasteiger partial charge on any atom is 0.0516 e. The molecule has 0 aromatic rings. The summed E-state index contributed by atoms with van der Waals surface area (Å²) >= 11 is 0. The first kappa shape index (κ1) is 10.4. The molecule has 0 saturated carbocycles. The topological polar surface area (TPSA) is 38.5 Å². The molecule has 1 atom stereocenters. The van der Waals surface area contributed by atoms with E-state index < -0.39 is 0 Å². The number of hydrogen-bond donors (Lipinski definition) is 1. The van der Waals surface area contributed by atoms with E-state index in [0.29, 0.717) is 6.04 Å². The summed E-state index contributed by atoms with van der Waals surface area (Å²) in [6, 6.07) is 0.412. The fraction of sp³-hybridized carbons (Fsp3) is 1.00. The lowest BCUT2D eigenvalue weighted by atomic mass is 10.0. The van der Waals surface area contributed by atoms with Gasteiger partial charge in [-0.1, -0.05) is 6.42 Å². The number of rotatable bonds is 3. The third kappa shape index (κ3) is 2.94. The molecule has 2 aliphatic rings. The Labute approximate surface area is 86.6 Å². The molecule has 2 rings (SSSR count). The molecule has 0 radical (unpaired) electrons. The van der Waals surface area contributed by atoms with Crippen molar-refractivity contribution >= 4 is 0 Å². The van der Waals surface area contributed by atoms with Gasteiger partial charge in [0.25, 0.3) is 0 Å². The molecule has 0 aromatic carbocycles. The lowest BCUT2D eigenvalue weighted by Gasteiger charge is -2.29. The zero-order valence-corrected chi connectivity index (χ0v) is 8.95. The van der Waals surface area contributed by atoms with Crippen LogP contribution in [0.15, 0.2) is 0 Å². The maximum absolute atomic E-state index is 6.01. The summed E-state index contributed by atoms with van der Waals surface area (Å²) in [5.41, 5.74) is 6.01. The summed E-state index contributed by atoms with van der Waals surface area (Å²) in [6.45, 7) is 5.55. The van der Waals surface area contributed by atoms with Crippen LogP contribution in [0.25, 0.3) is 0 Å². The van der Waals surface area contributed by atoms with Crippen LogP contribution >= 0.6 is 0 Å². The molecule has 3 nitrogen and oxygen atoms in total. The molecule has 2 fully saturated rings. The summed E-state index contributed by atoms with van der Waals surface area (Å²) in [5, 5.41) is 0. The highest BCUT2D eigenvalue weighted by Gasteiger charge is 2.20. The number of likely N-dealkylation sites (tertiary alicyclic amines) is 1. The Balaban J connectivity index is 1.66. The van der Waals surface area contributed by atoms with E-state index in [1.54, 1.807) is 0 Å². The lowest BCUT2D eigenvalue weighted by molar-refractivity contribution is -0.0389. The molecule has 2 heterocycles. The average molecular weight is 198 g/mol. The highest BCUT2D eigenvalue weighted by Crippen LogP contribution is 2.16. The van der Waals surface area contributed by atoms with Gasteiger partial charge in [-0.2, -0.15) is 0 Å². The summed E-state index contributed by atoms with van der Waals surface area (Å²) < 4.78 is 5.18. The molecule has 14 heavy (non-hydrogen) atoms. The van der Waals surface area contributed by atoms with Crippen molar-refractivity contribution in [1.82, 2.24) is 4.90 Å². The van der Waals surface area contributed by atoms with Crippen LogP contribution in [0.2, 0.25) is 0 Å². The fourth-order valence-electron chi connectivity index (χ4n) is 2.28. The Morgan fingerprint density at radius 2 is 2.14 bits per heavy atom. The van der Waals surface area contributed by atoms with E-state index in [9.17, 15) is 0 Å². The lowest BCUT2D eigenvalue weighted by Crippen LogP contribution is -2.38. The van der Waals surface area contributed by atoms with Gasteiger partial charge in [0.05, 0.1) is 13.2 Å². The van der Waals surface area contributed by atoms with Crippen LogP contribution in [-0.2, 0) is 4.74 Å².